The lowest BCUT2D eigenvalue weighted by Gasteiger charge is -2.49. The van der Waals surface area contributed by atoms with E-state index in [1.165, 1.54) is 227 Å². The first-order valence-corrected chi connectivity index (χ1v) is 34.9. The number of nitrogens with one attached hydrogen (secondary N) is 2. The van der Waals surface area contributed by atoms with Crippen molar-refractivity contribution in [3.05, 3.63) is 144 Å². The van der Waals surface area contributed by atoms with Crippen LogP contribution in [0, 0.1) is 96.9 Å². The van der Waals surface area contributed by atoms with Crippen molar-refractivity contribution >= 4 is 65.6 Å². The van der Waals surface area contributed by atoms with Crippen LogP contribution in [0.15, 0.2) is 0 Å². The molecule has 6 nitrogen and oxygen atoms in total. The molecule has 0 radical (unpaired) electrons. The van der Waals surface area contributed by atoms with Crippen LogP contribution in [-0.4, -0.2) is 35.2 Å². The van der Waals surface area contributed by atoms with Crippen LogP contribution < -0.4 is 50.4 Å². The van der Waals surface area contributed by atoms with Gasteiger partial charge in [-0.3, -0.25) is 0 Å². The summed E-state index contributed by atoms with van der Waals surface area (Å²) in [5, 5.41) is 20.6. The molecule has 0 saturated heterocycles. The van der Waals surface area contributed by atoms with E-state index >= 15 is 0 Å². The number of ether oxygens (including phenoxy) is 2. The van der Waals surface area contributed by atoms with E-state index < -0.39 is 0 Å². The van der Waals surface area contributed by atoms with E-state index in [4.69, 9.17) is 9.47 Å². The minimum Gasteiger partial charge on any atom is -0.455 e. The van der Waals surface area contributed by atoms with Gasteiger partial charge in [0.2, 0.25) is 10.7 Å². The predicted molar refractivity (Wildman–Crippen MR) is 381 cm³/mol. The molecule has 8 aromatic rings. The summed E-state index contributed by atoms with van der Waals surface area (Å²) in [6, 6.07) is 0. The Morgan fingerprint density at radius 3 is 1.49 bits per heavy atom. The van der Waals surface area contributed by atoms with Gasteiger partial charge >= 0.3 is 0 Å². The average Bonchev–Trinajstić information content (AvgIpc) is 0.701. The molecule has 6 heteroatoms. The fourth-order valence-electron chi connectivity index (χ4n) is 19.9. The van der Waals surface area contributed by atoms with Gasteiger partial charge in [0.05, 0.1) is 0 Å². The molecular weight excluding hydrogens is 1100 g/mol. The molecule has 0 saturated carbocycles. The van der Waals surface area contributed by atoms with Gasteiger partial charge in [-0.05, 0) is 346 Å². The molecule has 0 atom stereocenters. The molecule has 0 unspecified atom stereocenters. The van der Waals surface area contributed by atoms with Gasteiger partial charge in [0.15, 0.2) is 11.1 Å². The Kier molecular flexibility index (Phi) is 12.9. The van der Waals surface area contributed by atoms with Crippen LogP contribution in [0.5, 0.6) is 23.0 Å². The summed E-state index contributed by atoms with van der Waals surface area (Å²) in [5.41, 5.74) is 37.6. The maximum atomic E-state index is 7.61. The largest absolute Gasteiger partial charge is 0.455 e. The highest BCUT2D eigenvalue weighted by Crippen LogP contribution is 2.56. The number of rotatable bonds is 0. The predicted octanol–water partition coefficient (Wildman–Crippen LogP) is 16.2. The Labute approximate surface area is 537 Å². The highest BCUT2D eigenvalue weighted by Gasteiger charge is 2.44. The maximum Gasteiger partial charge on any atom is 0.207 e. The molecule has 2 N–H and O–H groups in total. The molecule has 0 aliphatic carbocycles. The quantitative estimate of drug-likeness (QED) is 0.149. The average molecular weight is 1200 g/mol. The Hall–Kier alpha value is -6.66. The molecular formula is C84H102N4O2+2. The number of anilines is 2. The third-order valence-corrected chi connectivity index (χ3v) is 25.7. The smallest absolute Gasteiger partial charge is 0.207 e. The highest BCUT2D eigenvalue weighted by molar-refractivity contribution is 6.10. The standard InChI is InChI=1S/C44H53N2O.C40H48N2O/c1-22-24(3)35-31-16-18-43(8,9)45-20-12-14-29(39(31)45)26(5)37(35)41-33(22)28(7)34-23(2)25(4)36-32-17-19-44(10,11)46-21-13-15-30(40(32)46)27(6)38(36)42(34)47-41;1-18-20(3)31-27-14-16-39(10,11)41-35(27)24(7)22(5)33(31)37-29(18)26(9)30-19(2)21(4)32-28-15-17-40(12,13)42-36(28)25(8)23(6)34(32)38(30)43-37/h12-21H2,1-11H3;41H,14-17H2,1-13H3/q+1;/p+1. The van der Waals surface area contributed by atoms with Crippen molar-refractivity contribution in [2.75, 3.05) is 23.3 Å². The fourth-order valence-corrected chi connectivity index (χ4v) is 19.9. The van der Waals surface area contributed by atoms with Crippen molar-refractivity contribution in [2.24, 2.45) is 0 Å². The second-order valence-corrected chi connectivity index (χ2v) is 32.5. The molecule has 8 aliphatic heterocycles. The number of nitrogens with zero attached hydrogens (tertiary/aromatic N) is 2. The van der Waals surface area contributed by atoms with Gasteiger partial charge in [0.1, 0.15) is 29.5 Å². The Bertz CT molecular complexity index is 5030. The van der Waals surface area contributed by atoms with Crippen molar-refractivity contribution in [3.8, 4) is 23.0 Å². The van der Waals surface area contributed by atoms with Crippen LogP contribution in [-0.2, 0) is 38.5 Å². The molecule has 8 aliphatic rings. The van der Waals surface area contributed by atoms with E-state index in [0.29, 0.717) is 0 Å². The number of hydrogen-bond acceptors (Lipinski definition) is 4. The third kappa shape index (κ3) is 7.81. The topological polar surface area (TPSA) is 50.7 Å². The maximum absolute atomic E-state index is 7.61. The molecule has 8 aromatic carbocycles. The summed E-state index contributed by atoms with van der Waals surface area (Å²) in [5.74, 6) is 4.39. The number of fused-ring (bicyclic) bond motifs is 18. The normalized spacial score (nSPS) is 19.1. The first-order chi connectivity index (χ1) is 42.3. The van der Waals surface area contributed by atoms with Crippen LogP contribution in [0.25, 0.3) is 54.2 Å². The van der Waals surface area contributed by atoms with Gasteiger partial charge in [-0.2, -0.15) is 0 Å². The Morgan fingerprint density at radius 1 is 0.400 bits per heavy atom. The first kappa shape index (κ1) is 59.6. The van der Waals surface area contributed by atoms with Gasteiger partial charge in [0.25, 0.3) is 0 Å². The van der Waals surface area contributed by atoms with Crippen molar-refractivity contribution in [2.45, 2.75) is 265 Å². The van der Waals surface area contributed by atoms with E-state index in [2.05, 4.69) is 186 Å². The van der Waals surface area contributed by atoms with Gasteiger partial charge in [-0.25, -0.2) is 9.57 Å². The van der Waals surface area contributed by atoms with Crippen molar-refractivity contribution in [1.82, 2.24) is 4.58 Å². The van der Waals surface area contributed by atoms with E-state index in [1.54, 1.807) is 33.3 Å². The first-order valence-electron chi connectivity index (χ1n) is 34.9. The van der Waals surface area contributed by atoms with E-state index in [9.17, 15) is 0 Å². The zero-order valence-corrected chi connectivity index (χ0v) is 59.6. The van der Waals surface area contributed by atoms with Crippen molar-refractivity contribution < 1.29 is 14.5 Å². The number of benzene rings is 8. The van der Waals surface area contributed by atoms with Crippen LogP contribution in [0.3, 0.4) is 0 Å². The minimum absolute atomic E-state index is 0.0989. The summed E-state index contributed by atoms with van der Waals surface area (Å²) < 4.78 is 17.8. The van der Waals surface area contributed by atoms with Crippen LogP contribution >= 0.6 is 0 Å². The minimum atomic E-state index is 0.0989. The van der Waals surface area contributed by atoms with Gasteiger partial charge in [-0.1, -0.05) is 0 Å². The molecule has 16 rings (SSSR count). The Morgan fingerprint density at radius 2 is 0.867 bits per heavy atom. The third-order valence-electron chi connectivity index (χ3n) is 25.7. The van der Waals surface area contributed by atoms with Crippen LogP contribution in [0.4, 0.5) is 11.4 Å². The van der Waals surface area contributed by atoms with Gasteiger partial charge < -0.3 is 19.7 Å². The molecule has 0 fully saturated rings. The zero-order valence-electron chi connectivity index (χ0n) is 59.6. The second-order valence-electron chi connectivity index (χ2n) is 32.5. The number of hydrogen-bond donors (Lipinski definition) is 2. The fraction of sp³-hybridized carbons (Fsp3) is 0.500. The zero-order chi connectivity index (χ0) is 64.1. The monoisotopic (exact) mass is 1200 g/mol. The molecule has 0 spiro atoms. The molecule has 90 heavy (non-hydrogen) atoms. The highest BCUT2D eigenvalue weighted by atomic mass is 16.5. The lowest BCUT2D eigenvalue weighted by atomic mass is 9.75. The van der Waals surface area contributed by atoms with Crippen molar-refractivity contribution in [1.29, 1.82) is 0 Å². The SMILES string of the molecule is CC1=c2c(C)c(C)c3c4c(c(C)c(C)c3c2Oc2c1c(C)c(C)c1c3c(c(C)c(C)c21)NC(C)(C)CC3)=[NH+]C(C)(C)CC4.CC1=c2c(C)c(C)c3c4c5c(c(C)c3c2Oc2c1c(C)c(C)c1c3c6c(c(C)c21)CCCN6C(C)(C)CC3)CCC[N+]=5C(C)(C)CC4. The molecule has 0 aromatic heterocycles. The van der Waals surface area contributed by atoms with Crippen LogP contribution in [0.1, 0.15) is 230 Å². The van der Waals surface area contributed by atoms with Gasteiger partial charge in [0, 0.05) is 114 Å². The molecule has 468 valence electrons. The van der Waals surface area contributed by atoms with E-state index in [0.717, 1.165) is 61.5 Å². The summed E-state index contributed by atoms with van der Waals surface area (Å²) in [6.07, 6.45) is 13.9. The number of aryl methyl sites for hydroxylation is 12. The molecule has 0 amide bonds. The Balaban J connectivity index is 0.000000151. The van der Waals surface area contributed by atoms with Crippen molar-refractivity contribution in [3.63, 3.8) is 0 Å². The molecule has 8 heterocycles. The summed E-state index contributed by atoms with van der Waals surface area (Å²) in [4.78, 5) is 6.69. The van der Waals surface area contributed by atoms with Gasteiger partial charge in [-0.15, -0.1) is 0 Å². The summed E-state index contributed by atoms with van der Waals surface area (Å²) in [7, 11) is 0. The summed E-state index contributed by atoms with van der Waals surface area (Å²) in [6.45, 7) is 59.0. The molecule has 0 bridgehead atoms. The van der Waals surface area contributed by atoms with E-state index in [1.807, 2.05) is 0 Å². The lowest BCUT2D eigenvalue weighted by molar-refractivity contribution is -0.587. The summed E-state index contributed by atoms with van der Waals surface area (Å²) >= 11 is 0. The van der Waals surface area contributed by atoms with E-state index in [-0.39, 0.29) is 22.2 Å². The second kappa shape index (κ2) is 19.5. The van der Waals surface area contributed by atoms with Crippen LogP contribution in [0.2, 0.25) is 0 Å². The lowest BCUT2D eigenvalue weighted by Crippen LogP contribution is -2.90.